The Labute approximate surface area is 166 Å². The topological polar surface area (TPSA) is 57.2 Å². The van der Waals surface area contributed by atoms with Gasteiger partial charge in [0.05, 0.1) is 41.3 Å². The van der Waals surface area contributed by atoms with E-state index in [0.717, 1.165) is 52.2 Å². The van der Waals surface area contributed by atoms with Crippen molar-refractivity contribution in [3.63, 3.8) is 0 Å². The maximum Gasteiger partial charge on any atom is 0.188 e. The largest absolute Gasteiger partial charge is 0.378 e. The van der Waals surface area contributed by atoms with E-state index in [2.05, 4.69) is 26.3 Å². The average molecular weight is 389 g/mol. The number of ether oxygens (including phenoxy) is 1. The van der Waals surface area contributed by atoms with Gasteiger partial charge in [-0.2, -0.15) is 0 Å². The molecule has 5 rings (SSSR count). The molecule has 4 aromatic rings. The van der Waals surface area contributed by atoms with Gasteiger partial charge in [0.25, 0.3) is 0 Å². The van der Waals surface area contributed by atoms with Gasteiger partial charge in [0.15, 0.2) is 5.69 Å². The molecule has 6 nitrogen and oxygen atoms in total. The Morgan fingerprint density at radius 1 is 1.32 bits per heavy atom. The third-order valence-electron chi connectivity index (χ3n) is 5.32. The molecule has 0 unspecified atom stereocenters. The van der Waals surface area contributed by atoms with E-state index in [0.29, 0.717) is 18.2 Å². The Bertz CT molecular complexity index is 1190. The summed E-state index contributed by atoms with van der Waals surface area (Å²) in [5.41, 5.74) is 3.46. The maximum atomic E-state index is 7.40. The van der Waals surface area contributed by atoms with Crippen LogP contribution in [0.4, 0.5) is 5.69 Å². The predicted molar refractivity (Wildman–Crippen MR) is 110 cm³/mol. The summed E-state index contributed by atoms with van der Waals surface area (Å²) in [7, 11) is 0. The Morgan fingerprint density at radius 2 is 2.25 bits per heavy atom. The van der Waals surface area contributed by atoms with Crippen molar-refractivity contribution >= 4 is 39.0 Å². The van der Waals surface area contributed by atoms with Gasteiger partial charge >= 0.3 is 0 Å². The van der Waals surface area contributed by atoms with Crippen molar-refractivity contribution in [3.8, 4) is 0 Å². The predicted octanol–water partition coefficient (Wildman–Crippen LogP) is 4.92. The minimum Gasteiger partial charge on any atom is -0.378 e. The van der Waals surface area contributed by atoms with Crippen molar-refractivity contribution in [2.75, 3.05) is 6.61 Å². The number of rotatable bonds is 3. The van der Waals surface area contributed by atoms with E-state index in [1.54, 1.807) is 11.3 Å². The van der Waals surface area contributed by atoms with Crippen LogP contribution in [0, 0.1) is 6.57 Å². The molecule has 2 atom stereocenters. The molecular formula is C21H19N5OS. The van der Waals surface area contributed by atoms with Gasteiger partial charge in [-0.15, -0.1) is 11.3 Å². The highest BCUT2D eigenvalue weighted by Crippen LogP contribution is 2.35. The second kappa shape index (κ2) is 6.97. The van der Waals surface area contributed by atoms with E-state index in [-0.39, 0.29) is 6.10 Å². The number of hydrogen-bond acceptors (Lipinski definition) is 5. The summed E-state index contributed by atoms with van der Waals surface area (Å²) in [6.45, 7) is 10.3. The van der Waals surface area contributed by atoms with Crippen LogP contribution >= 0.6 is 11.3 Å². The van der Waals surface area contributed by atoms with Crippen LogP contribution in [0.2, 0.25) is 0 Å². The summed E-state index contributed by atoms with van der Waals surface area (Å²) < 4.78 is 8.16. The molecule has 0 spiro atoms. The quantitative estimate of drug-likeness (QED) is 0.467. The first-order valence-electron chi connectivity index (χ1n) is 9.40. The Morgan fingerprint density at radius 3 is 3.04 bits per heavy atom. The highest BCUT2D eigenvalue weighted by Gasteiger charge is 2.26. The summed E-state index contributed by atoms with van der Waals surface area (Å²) in [5.74, 6) is 1.01. The first kappa shape index (κ1) is 17.3. The molecule has 0 N–H and O–H groups in total. The summed E-state index contributed by atoms with van der Waals surface area (Å²) in [5, 5.41) is 4.04. The number of pyridine rings is 1. The number of aromatic nitrogens is 4. The lowest BCUT2D eigenvalue weighted by molar-refractivity contribution is 0.00631. The molecule has 3 aromatic heterocycles. The zero-order valence-electron chi connectivity index (χ0n) is 15.5. The van der Waals surface area contributed by atoms with Crippen molar-refractivity contribution < 1.29 is 4.74 Å². The number of benzene rings is 1. The SMILES string of the molecule is [C-]#[N+]c1ccc2ncc3nc(Cc4nccs4)n([C@@H]4CCO[C@H](C)C4)c3c2c1. The molecular weight excluding hydrogens is 370 g/mol. The van der Waals surface area contributed by atoms with Crippen LogP contribution in [0.1, 0.15) is 36.6 Å². The zero-order valence-corrected chi connectivity index (χ0v) is 16.3. The van der Waals surface area contributed by atoms with Crippen LogP contribution < -0.4 is 0 Å². The van der Waals surface area contributed by atoms with Gasteiger partial charge in [-0.25, -0.2) is 14.8 Å². The lowest BCUT2D eigenvalue weighted by Crippen LogP contribution is -2.26. The summed E-state index contributed by atoms with van der Waals surface area (Å²) in [6.07, 6.45) is 6.50. The van der Waals surface area contributed by atoms with Crippen LogP contribution in [0.5, 0.6) is 0 Å². The van der Waals surface area contributed by atoms with Crippen LogP contribution in [0.15, 0.2) is 36.0 Å². The Balaban J connectivity index is 1.77. The minimum absolute atomic E-state index is 0.218. The van der Waals surface area contributed by atoms with Gasteiger partial charge in [0.2, 0.25) is 0 Å². The molecule has 0 radical (unpaired) electrons. The monoisotopic (exact) mass is 389 g/mol. The van der Waals surface area contributed by atoms with Crippen LogP contribution in [-0.4, -0.2) is 32.2 Å². The van der Waals surface area contributed by atoms with Crippen LogP contribution in [-0.2, 0) is 11.2 Å². The number of hydrogen-bond donors (Lipinski definition) is 0. The van der Waals surface area contributed by atoms with Gasteiger partial charge in [-0.05, 0) is 31.9 Å². The van der Waals surface area contributed by atoms with Gasteiger partial charge in [-0.3, -0.25) is 4.98 Å². The highest BCUT2D eigenvalue weighted by molar-refractivity contribution is 7.09. The third-order valence-corrected chi connectivity index (χ3v) is 6.10. The number of nitrogens with zero attached hydrogens (tertiary/aromatic N) is 5. The van der Waals surface area contributed by atoms with Crippen molar-refractivity contribution in [3.05, 3.63) is 58.2 Å². The second-order valence-electron chi connectivity index (χ2n) is 7.17. The number of imidazole rings is 1. The lowest BCUT2D eigenvalue weighted by atomic mass is 10.0. The fourth-order valence-electron chi connectivity index (χ4n) is 4.08. The Hall–Kier alpha value is -2.82. The molecule has 28 heavy (non-hydrogen) atoms. The summed E-state index contributed by atoms with van der Waals surface area (Å²) in [4.78, 5) is 17.6. The summed E-state index contributed by atoms with van der Waals surface area (Å²) >= 11 is 1.65. The maximum absolute atomic E-state index is 7.40. The van der Waals surface area contributed by atoms with Crippen LogP contribution in [0.3, 0.4) is 0 Å². The zero-order chi connectivity index (χ0) is 19.1. The Kier molecular flexibility index (Phi) is 4.30. The van der Waals surface area contributed by atoms with E-state index in [1.807, 2.05) is 36.0 Å². The normalized spacial score (nSPS) is 19.9. The van der Waals surface area contributed by atoms with Gasteiger partial charge < -0.3 is 9.30 Å². The number of fused-ring (bicyclic) bond motifs is 3. The van der Waals surface area contributed by atoms with Crippen molar-refractivity contribution in [2.45, 2.75) is 38.3 Å². The summed E-state index contributed by atoms with van der Waals surface area (Å²) in [6, 6.07) is 5.99. The fraction of sp³-hybridized carbons (Fsp3) is 0.333. The minimum atomic E-state index is 0.218. The van der Waals surface area contributed by atoms with E-state index in [4.69, 9.17) is 16.3 Å². The fourth-order valence-corrected chi connectivity index (χ4v) is 4.70. The van der Waals surface area contributed by atoms with Gasteiger partial charge in [0.1, 0.15) is 11.3 Å². The molecule has 1 aliphatic rings. The molecule has 1 aromatic carbocycles. The number of thiazole rings is 1. The van der Waals surface area contributed by atoms with E-state index >= 15 is 0 Å². The van der Waals surface area contributed by atoms with Crippen molar-refractivity contribution in [2.24, 2.45) is 0 Å². The first-order valence-corrected chi connectivity index (χ1v) is 10.3. The molecule has 1 aliphatic heterocycles. The molecule has 0 bridgehead atoms. The van der Waals surface area contributed by atoms with E-state index < -0.39 is 0 Å². The molecule has 0 aliphatic carbocycles. The average Bonchev–Trinajstić information content (AvgIpc) is 3.35. The smallest absolute Gasteiger partial charge is 0.188 e. The van der Waals surface area contributed by atoms with E-state index in [9.17, 15) is 0 Å². The first-order chi connectivity index (χ1) is 13.7. The molecule has 7 heteroatoms. The third kappa shape index (κ3) is 2.95. The molecule has 4 heterocycles. The molecule has 0 saturated carbocycles. The van der Waals surface area contributed by atoms with Crippen molar-refractivity contribution in [1.82, 2.24) is 19.5 Å². The molecule has 1 saturated heterocycles. The van der Waals surface area contributed by atoms with Crippen LogP contribution in [0.25, 0.3) is 26.8 Å². The standard InChI is InChI=1S/C21H19N5OS/c1-13-9-15(5-7-27-13)26-19(11-20-23-6-8-28-20)25-18-12-24-17-4-3-14(22-2)10-16(17)21(18)26/h3-4,6,8,10,12-13,15H,5,7,9,11H2,1H3/t13-,15-/m1/s1. The highest BCUT2D eigenvalue weighted by atomic mass is 32.1. The lowest BCUT2D eigenvalue weighted by Gasteiger charge is -2.30. The second-order valence-corrected chi connectivity index (χ2v) is 8.14. The van der Waals surface area contributed by atoms with E-state index in [1.165, 1.54) is 0 Å². The molecule has 140 valence electrons. The van der Waals surface area contributed by atoms with Gasteiger partial charge in [-0.1, -0.05) is 6.07 Å². The van der Waals surface area contributed by atoms with Gasteiger partial charge in [0, 0.05) is 29.6 Å². The molecule has 1 fully saturated rings. The molecule has 0 amide bonds. The van der Waals surface area contributed by atoms with Crippen molar-refractivity contribution in [1.29, 1.82) is 0 Å².